The summed E-state index contributed by atoms with van der Waals surface area (Å²) in [5.74, 6) is 1.81. The van der Waals surface area contributed by atoms with Gasteiger partial charge < -0.3 is 10.1 Å². The summed E-state index contributed by atoms with van der Waals surface area (Å²) >= 11 is 0. The second-order valence-corrected chi connectivity index (χ2v) is 5.15. The Labute approximate surface area is 104 Å². The molecule has 0 aliphatic heterocycles. The van der Waals surface area contributed by atoms with Gasteiger partial charge in [0.05, 0.1) is 6.61 Å². The summed E-state index contributed by atoms with van der Waals surface area (Å²) in [6, 6.07) is 8.50. The fraction of sp³-hybridized carbons (Fsp3) is 0.600. The maximum absolute atomic E-state index is 5.22. The average Bonchev–Trinajstić information content (AvgIpc) is 3.15. The Bertz CT molecular complexity index is 347. The smallest absolute Gasteiger partial charge is 0.0716 e. The van der Waals surface area contributed by atoms with Crippen LogP contribution >= 0.6 is 0 Å². The molecule has 0 spiro atoms. The lowest BCUT2D eigenvalue weighted by Crippen LogP contribution is -2.22. The molecule has 94 valence electrons. The van der Waals surface area contributed by atoms with E-state index in [1.54, 1.807) is 7.11 Å². The van der Waals surface area contributed by atoms with Crippen molar-refractivity contribution in [3.05, 3.63) is 35.4 Å². The van der Waals surface area contributed by atoms with Gasteiger partial charge >= 0.3 is 0 Å². The van der Waals surface area contributed by atoms with Crippen molar-refractivity contribution in [2.75, 3.05) is 13.7 Å². The van der Waals surface area contributed by atoms with E-state index in [0.717, 1.165) is 24.9 Å². The molecular formula is C15H23NO. The van der Waals surface area contributed by atoms with Gasteiger partial charge in [-0.05, 0) is 42.3 Å². The molecule has 1 aromatic rings. The van der Waals surface area contributed by atoms with Crippen LogP contribution < -0.4 is 5.32 Å². The lowest BCUT2D eigenvalue weighted by atomic mass is 10.1. The molecule has 0 bridgehead atoms. The fourth-order valence-electron chi connectivity index (χ4n) is 2.29. The van der Waals surface area contributed by atoms with Crippen LogP contribution in [0.15, 0.2) is 24.3 Å². The molecular weight excluding hydrogens is 210 g/mol. The standard InChI is InChI=1S/C15H23NO/c1-12(13-7-8-13)9-16-10-14-5-3-4-6-15(14)11-17-2/h3-6,12-13,16H,7-11H2,1-2H3. The lowest BCUT2D eigenvalue weighted by molar-refractivity contribution is 0.184. The van der Waals surface area contributed by atoms with Gasteiger partial charge in [-0.2, -0.15) is 0 Å². The molecule has 0 aromatic heterocycles. The molecule has 0 heterocycles. The van der Waals surface area contributed by atoms with Crippen molar-refractivity contribution >= 4 is 0 Å². The largest absolute Gasteiger partial charge is 0.380 e. The Balaban J connectivity index is 1.80. The summed E-state index contributed by atoms with van der Waals surface area (Å²) in [4.78, 5) is 0. The van der Waals surface area contributed by atoms with E-state index < -0.39 is 0 Å². The van der Waals surface area contributed by atoms with E-state index in [1.165, 1.54) is 24.0 Å². The highest BCUT2D eigenvalue weighted by Crippen LogP contribution is 2.36. The molecule has 2 heteroatoms. The number of ether oxygens (including phenoxy) is 1. The molecule has 1 unspecified atom stereocenters. The summed E-state index contributed by atoms with van der Waals surface area (Å²) in [6.45, 7) is 5.14. The van der Waals surface area contributed by atoms with E-state index in [0.29, 0.717) is 6.61 Å². The number of benzene rings is 1. The first-order chi connectivity index (χ1) is 8.31. The molecule has 1 fully saturated rings. The topological polar surface area (TPSA) is 21.3 Å². The third kappa shape index (κ3) is 3.83. The maximum Gasteiger partial charge on any atom is 0.0716 e. The summed E-state index contributed by atoms with van der Waals surface area (Å²) in [7, 11) is 1.75. The molecule has 17 heavy (non-hydrogen) atoms. The molecule has 1 atom stereocenters. The van der Waals surface area contributed by atoms with E-state index in [2.05, 4.69) is 36.5 Å². The van der Waals surface area contributed by atoms with Gasteiger partial charge in [0, 0.05) is 13.7 Å². The van der Waals surface area contributed by atoms with Crippen molar-refractivity contribution < 1.29 is 4.74 Å². The van der Waals surface area contributed by atoms with Crippen LogP contribution in [0.1, 0.15) is 30.9 Å². The highest BCUT2D eigenvalue weighted by molar-refractivity contribution is 5.26. The summed E-state index contributed by atoms with van der Waals surface area (Å²) in [5.41, 5.74) is 2.65. The van der Waals surface area contributed by atoms with Crippen LogP contribution in [0.25, 0.3) is 0 Å². The van der Waals surface area contributed by atoms with E-state index in [1.807, 2.05) is 0 Å². The minimum absolute atomic E-state index is 0.704. The second-order valence-electron chi connectivity index (χ2n) is 5.15. The van der Waals surface area contributed by atoms with Crippen LogP contribution in [-0.4, -0.2) is 13.7 Å². The van der Waals surface area contributed by atoms with Crippen LogP contribution in [0.3, 0.4) is 0 Å². The Morgan fingerprint density at radius 3 is 2.65 bits per heavy atom. The van der Waals surface area contributed by atoms with Crippen molar-refractivity contribution in [1.82, 2.24) is 5.32 Å². The van der Waals surface area contributed by atoms with E-state index in [4.69, 9.17) is 4.74 Å². The zero-order valence-electron chi connectivity index (χ0n) is 10.9. The zero-order chi connectivity index (χ0) is 12.1. The molecule has 0 amide bonds. The Morgan fingerprint density at radius 2 is 2.00 bits per heavy atom. The number of rotatable bonds is 7. The minimum atomic E-state index is 0.704. The van der Waals surface area contributed by atoms with Gasteiger partial charge in [-0.1, -0.05) is 31.2 Å². The Morgan fingerprint density at radius 1 is 1.29 bits per heavy atom. The van der Waals surface area contributed by atoms with Crippen molar-refractivity contribution in [2.24, 2.45) is 11.8 Å². The van der Waals surface area contributed by atoms with Gasteiger partial charge in [0.1, 0.15) is 0 Å². The predicted octanol–water partition coefficient (Wildman–Crippen LogP) is 2.97. The van der Waals surface area contributed by atoms with Crippen LogP contribution in [0.5, 0.6) is 0 Å². The molecule has 0 radical (unpaired) electrons. The van der Waals surface area contributed by atoms with Crippen molar-refractivity contribution in [1.29, 1.82) is 0 Å². The minimum Gasteiger partial charge on any atom is -0.380 e. The first-order valence-corrected chi connectivity index (χ1v) is 6.57. The Hall–Kier alpha value is -0.860. The maximum atomic E-state index is 5.22. The third-order valence-corrected chi connectivity index (χ3v) is 3.63. The van der Waals surface area contributed by atoms with Gasteiger partial charge in [-0.3, -0.25) is 0 Å². The highest BCUT2D eigenvalue weighted by atomic mass is 16.5. The normalized spacial score (nSPS) is 17.1. The number of nitrogens with one attached hydrogen (secondary N) is 1. The molecule has 0 saturated heterocycles. The van der Waals surface area contributed by atoms with Gasteiger partial charge in [0.25, 0.3) is 0 Å². The van der Waals surface area contributed by atoms with Crippen LogP contribution in [-0.2, 0) is 17.9 Å². The van der Waals surface area contributed by atoms with Gasteiger partial charge in [0.2, 0.25) is 0 Å². The third-order valence-electron chi connectivity index (χ3n) is 3.63. The Kier molecular flexibility index (Phi) is 4.57. The van der Waals surface area contributed by atoms with Crippen molar-refractivity contribution in [3.8, 4) is 0 Å². The molecule has 1 N–H and O–H groups in total. The van der Waals surface area contributed by atoms with E-state index in [9.17, 15) is 0 Å². The van der Waals surface area contributed by atoms with Crippen LogP contribution in [0.2, 0.25) is 0 Å². The molecule has 1 aromatic carbocycles. The summed E-state index contributed by atoms with van der Waals surface area (Å²) in [5, 5.41) is 3.57. The van der Waals surface area contributed by atoms with Gasteiger partial charge in [-0.15, -0.1) is 0 Å². The number of methoxy groups -OCH3 is 1. The SMILES string of the molecule is COCc1ccccc1CNCC(C)C1CC1. The first-order valence-electron chi connectivity index (χ1n) is 6.57. The number of hydrogen-bond acceptors (Lipinski definition) is 2. The van der Waals surface area contributed by atoms with E-state index >= 15 is 0 Å². The number of hydrogen-bond donors (Lipinski definition) is 1. The zero-order valence-corrected chi connectivity index (χ0v) is 10.9. The summed E-state index contributed by atoms with van der Waals surface area (Å²) in [6.07, 6.45) is 2.87. The van der Waals surface area contributed by atoms with Crippen molar-refractivity contribution in [2.45, 2.75) is 32.9 Å². The average molecular weight is 233 g/mol. The van der Waals surface area contributed by atoms with Gasteiger partial charge in [-0.25, -0.2) is 0 Å². The summed E-state index contributed by atoms with van der Waals surface area (Å²) < 4.78 is 5.22. The quantitative estimate of drug-likeness (QED) is 0.781. The van der Waals surface area contributed by atoms with Gasteiger partial charge in [0.15, 0.2) is 0 Å². The highest BCUT2D eigenvalue weighted by Gasteiger charge is 2.27. The first kappa shape index (κ1) is 12.6. The molecule has 2 nitrogen and oxygen atoms in total. The lowest BCUT2D eigenvalue weighted by Gasteiger charge is -2.13. The molecule has 1 saturated carbocycles. The molecule has 2 rings (SSSR count). The van der Waals surface area contributed by atoms with Crippen LogP contribution in [0.4, 0.5) is 0 Å². The van der Waals surface area contributed by atoms with Crippen LogP contribution in [0, 0.1) is 11.8 Å². The predicted molar refractivity (Wildman–Crippen MR) is 70.7 cm³/mol. The van der Waals surface area contributed by atoms with E-state index in [-0.39, 0.29) is 0 Å². The second kappa shape index (κ2) is 6.18. The van der Waals surface area contributed by atoms with Crippen molar-refractivity contribution in [3.63, 3.8) is 0 Å². The fourth-order valence-corrected chi connectivity index (χ4v) is 2.29. The molecule has 1 aliphatic rings. The monoisotopic (exact) mass is 233 g/mol. The molecule has 1 aliphatic carbocycles.